The summed E-state index contributed by atoms with van der Waals surface area (Å²) < 4.78 is 5.33. The molecule has 0 spiro atoms. The molecular weight excluding hydrogens is 354 g/mol. The number of aryl methyl sites for hydroxylation is 1. The number of rotatable bonds is 3. The minimum Gasteiger partial charge on any atom is -0.497 e. The van der Waals surface area contributed by atoms with E-state index >= 15 is 0 Å². The average molecular weight is 379 g/mol. The molecule has 0 saturated carbocycles. The number of methoxy groups -OCH3 is 1. The number of carbonyl (C=O) groups is 1. The summed E-state index contributed by atoms with van der Waals surface area (Å²) in [5.41, 5.74) is 4.06. The summed E-state index contributed by atoms with van der Waals surface area (Å²) in [5, 5.41) is 2.97. The van der Waals surface area contributed by atoms with Gasteiger partial charge in [-0.25, -0.2) is 4.98 Å². The van der Waals surface area contributed by atoms with Gasteiger partial charge in [-0.1, -0.05) is 0 Å². The molecule has 7 nitrogen and oxygen atoms in total. The van der Waals surface area contributed by atoms with E-state index in [2.05, 4.69) is 10.2 Å². The van der Waals surface area contributed by atoms with Gasteiger partial charge in [0.15, 0.2) is 0 Å². The second kappa shape index (κ2) is 6.96. The van der Waals surface area contributed by atoms with Crippen molar-refractivity contribution in [1.29, 1.82) is 0 Å². The molecule has 1 aliphatic carbocycles. The number of hydrogen-bond acceptors (Lipinski definition) is 6. The van der Waals surface area contributed by atoms with E-state index in [1.54, 1.807) is 7.11 Å². The largest absolute Gasteiger partial charge is 0.497 e. The summed E-state index contributed by atoms with van der Waals surface area (Å²) in [6.45, 7) is 2.28. The first-order valence-electron chi connectivity index (χ1n) is 10.1. The minimum atomic E-state index is -0.0364. The van der Waals surface area contributed by atoms with Gasteiger partial charge in [0, 0.05) is 24.7 Å². The van der Waals surface area contributed by atoms with Crippen LogP contribution in [0.4, 0.5) is 23.1 Å². The van der Waals surface area contributed by atoms with Crippen molar-refractivity contribution in [1.82, 2.24) is 9.97 Å². The SMILES string of the molecule is COc1ccc2c(c1)NC(=O)CN2c1nc(N2CCCCC2)nc2c1CCC2. The van der Waals surface area contributed by atoms with Gasteiger partial charge >= 0.3 is 0 Å². The summed E-state index contributed by atoms with van der Waals surface area (Å²) in [4.78, 5) is 26.7. The predicted molar refractivity (Wildman–Crippen MR) is 109 cm³/mol. The maximum Gasteiger partial charge on any atom is 0.244 e. The molecule has 1 N–H and O–H groups in total. The van der Waals surface area contributed by atoms with Crippen molar-refractivity contribution in [2.24, 2.45) is 0 Å². The Bertz CT molecular complexity index is 923. The predicted octanol–water partition coefficient (Wildman–Crippen LogP) is 3.05. The molecule has 0 radical (unpaired) electrons. The highest BCUT2D eigenvalue weighted by Crippen LogP contribution is 2.40. The Labute approximate surface area is 164 Å². The van der Waals surface area contributed by atoms with Crippen LogP contribution in [0.3, 0.4) is 0 Å². The summed E-state index contributed by atoms with van der Waals surface area (Å²) in [6.07, 6.45) is 6.69. The summed E-state index contributed by atoms with van der Waals surface area (Å²) in [7, 11) is 1.63. The number of carbonyl (C=O) groups excluding carboxylic acids is 1. The lowest BCUT2D eigenvalue weighted by Crippen LogP contribution is -2.37. The second-order valence-electron chi connectivity index (χ2n) is 7.69. The third-order valence-electron chi connectivity index (χ3n) is 5.86. The lowest BCUT2D eigenvalue weighted by Gasteiger charge is -2.33. The van der Waals surface area contributed by atoms with Gasteiger partial charge in [-0.15, -0.1) is 0 Å². The van der Waals surface area contributed by atoms with Gasteiger partial charge in [-0.3, -0.25) is 4.79 Å². The maximum absolute atomic E-state index is 12.4. The van der Waals surface area contributed by atoms with Gasteiger partial charge in [-0.2, -0.15) is 4.98 Å². The van der Waals surface area contributed by atoms with Gasteiger partial charge in [0.25, 0.3) is 0 Å². The molecule has 2 aromatic rings. The third-order valence-corrected chi connectivity index (χ3v) is 5.86. The standard InChI is InChI=1S/C21H25N5O2/c1-28-14-8-9-18-17(12-14)22-19(27)13-26(18)20-15-6-5-7-16(15)23-21(24-20)25-10-3-2-4-11-25/h8-9,12H,2-7,10-11,13H2,1H3,(H,22,27). The lowest BCUT2D eigenvalue weighted by atomic mass is 10.1. The molecule has 1 saturated heterocycles. The van der Waals surface area contributed by atoms with Crippen molar-refractivity contribution in [2.75, 3.05) is 41.9 Å². The number of fused-ring (bicyclic) bond motifs is 2. The van der Waals surface area contributed by atoms with Crippen LogP contribution in [0.5, 0.6) is 5.75 Å². The Balaban J connectivity index is 1.61. The molecule has 1 amide bonds. The Morgan fingerprint density at radius 1 is 1.07 bits per heavy atom. The molecule has 0 unspecified atom stereocenters. The van der Waals surface area contributed by atoms with Crippen LogP contribution >= 0.6 is 0 Å². The molecule has 28 heavy (non-hydrogen) atoms. The molecule has 5 rings (SSSR count). The van der Waals surface area contributed by atoms with E-state index in [1.165, 1.54) is 24.8 Å². The van der Waals surface area contributed by atoms with E-state index in [1.807, 2.05) is 23.1 Å². The van der Waals surface area contributed by atoms with Crippen molar-refractivity contribution < 1.29 is 9.53 Å². The second-order valence-corrected chi connectivity index (χ2v) is 7.69. The van der Waals surface area contributed by atoms with E-state index in [0.717, 1.165) is 66.9 Å². The minimum absolute atomic E-state index is 0.0364. The molecule has 2 aliphatic heterocycles. The number of amides is 1. The van der Waals surface area contributed by atoms with Crippen molar-refractivity contribution in [3.8, 4) is 5.75 Å². The number of anilines is 4. The summed E-state index contributed by atoms with van der Waals surface area (Å²) in [6, 6.07) is 5.79. The zero-order valence-corrected chi connectivity index (χ0v) is 16.2. The molecule has 3 aliphatic rings. The van der Waals surface area contributed by atoms with Crippen molar-refractivity contribution in [3.63, 3.8) is 0 Å². The van der Waals surface area contributed by atoms with Gasteiger partial charge in [0.05, 0.1) is 24.2 Å². The monoisotopic (exact) mass is 379 g/mol. The van der Waals surface area contributed by atoms with Gasteiger partial charge < -0.3 is 19.9 Å². The summed E-state index contributed by atoms with van der Waals surface area (Å²) >= 11 is 0. The quantitative estimate of drug-likeness (QED) is 0.884. The smallest absolute Gasteiger partial charge is 0.244 e. The molecule has 1 aromatic carbocycles. The first-order valence-corrected chi connectivity index (χ1v) is 10.1. The maximum atomic E-state index is 12.4. The molecule has 1 aromatic heterocycles. The van der Waals surface area contributed by atoms with Crippen LogP contribution in [0.2, 0.25) is 0 Å². The summed E-state index contributed by atoms with van der Waals surface area (Å²) in [5.74, 6) is 2.40. The van der Waals surface area contributed by atoms with Crippen molar-refractivity contribution in [2.45, 2.75) is 38.5 Å². The van der Waals surface area contributed by atoms with E-state index < -0.39 is 0 Å². The van der Waals surface area contributed by atoms with E-state index in [-0.39, 0.29) is 12.5 Å². The van der Waals surface area contributed by atoms with E-state index in [4.69, 9.17) is 14.7 Å². The Morgan fingerprint density at radius 3 is 2.75 bits per heavy atom. The molecule has 3 heterocycles. The number of aromatic nitrogens is 2. The van der Waals surface area contributed by atoms with Crippen LogP contribution < -0.4 is 19.9 Å². The molecular formula is C21H25N5O2. The number of ether oxygens (including phenoxy) is 1. The Hall–Kier alpha value is -2.83. The molecule has 7 heteroatoms. The zero-order valence-electron chi connectivity index (χ0n) is 16.2. The number of nitrogens with zero attached hydrogens (tertiary/aromatic N) is 4. The fraction of sp³-hybridized carbons (Fsp3) is 0.476. The zero-order chi connectivity index (χ0) is 19.1. The highest BCUT2D eigenvalue weighted by molar-refractivity contribution is 6.03. The number of nitrogens with one attached hydrogen (secondary N) is 1. The molecule has 146 valence electrons. The first kappa shape index (κ1) is 17.3. The van der Waals surface area contributed by atoms with E-state index in [0.29, 0.717) is 0 Å². The average Bonchev–Trinajstić information content (AvgIpc) is 3.21. The number of benzene rings is 1. The van der Waals surface area contributed by atoms with Gasteiger partial charge in [-0.05, 0) is 50.7 Å². The fourth-order valence-electron chi connectivity index (χ4n) is 4.44. The molecule has 1 fully saturated rings. The van der Waals surface area contributed by atoms with Gasteiger partial charge in [0.1, 0.15) is 18.1 Å². The molecule has 0 atom stereocenters. The van der Waals surface area contributed by atoms with E-state index in [9.17, 15) is 4.79 Å². The highest BCUT2D eigenvalue weighted by Gasteiger charge is 2.30. The third kappa shape index (κ3) is 2.95. The normalized spacial score (nSPS) is 18.5. The lowest BCUT2D eigenvalue weighted by molar-refractivity contribution is -0.115. The fourth-order valence-corrected chi connectivity index (χ4v) is 4.44. The van der Waals surface area contributed by atoms with Crippen molar-refractivity contribution >= 4 is 29.0 Å². The number of hydrogen-bond donors (Lipinski definition) is 1. The van der Waals surface area contributed by atoms with Crippen LogP contribution in [0, 0.1) is 0 Å². The van der Waals surface area contributed by atoms with Crippen LogP contribution in [-0.2, 0) is 17.6 Å². The van der Waals surface area contributed by atoms with Crippen molar-refractivity contribution in [3.05, 3.63) is 29.5 Å². The Morgan fingerprint density at radius 2 is 1.93 bits per heavy atom. The topological polar surface area (TPSA) is 70.6 Å². The van der Waals surface area contributed by atoms with Crippen LogP contribution in [0.1, 0.15) is 36.9 Å². The van der Waals surface area contributed by atoms with Crippen LogP contribution in [0.25, 0.3) is 0 Å². The van der Waals surface area contributed by atoms with Crippen LogP contribution in [0.15, 0.2) is 18.2 Å². The van der Waals surface area contributed by atoms with Crippen LogP contribution in [-0.4, -0.2) is 42.6 Å². The van der Waals surface area contributed by atoms with Gasteiger partial charge in [0.2, 0.25) is 11.9 Å². The number of piperidine rings is 1. The highest BCUT2D eigenvalue weighted by atomic mass is 16.5. The Kier molecular flexibility index (Phi) is 4.30. The first-order chi connectivity index (χ1) is 13.7. The molecule has 0 bridgehead atoms.